The lowest BCUT2D eigenvalue weighted by Gasteiger charge is -2.13. The van der Waals surface area contributed by atoms with Crippen LogP contribution in [0.3, 0.4) is 0 Å². The number of methoxy groups -OCH3 is 1. The van der Waals surface area contributed by atoms with Gasteiger partial charge in [0.05, 0.1) is 19.7 Å². The second-order valence-corrected chi connectivity index (χ2v) is 5.99. The molecule has 0 aliphatic rings. The molecule has 6 heteroatoms. The summed E-state index contributed by atoms with van der Waals surface area (Å²) < 4.78 is 11.0. The molecule has 0 heterocycles. The maximum atomic E-state index is 5.74. The van der Waals surface area contributed by atoms with E-state index in [0.717, 1.165) is 23.8 Å². The van der Waals surface area contributed by atoms with Gasteiger partial charge in [-0.2, -0.15) is 0 Å². The first-order valence-electron chi connectivity index (χ1n) is 9.00. The molecule has 0 saturated carbocycles. The van der Waals surface area contributed by atoms with Gasteiger partial charge in [0.15, 0.2) is 5.96 Å². The maximum Gasteiger partial charge on any atom is 0.191 e. The second kappa shape index (κ2) is 13.4. The molecule has 148 valence electrons. The van der Waals surface area contributed by atoms with Crippen molar-refractivity contribution < 1.29 is 9.47 Å². The maximum absolute atomic E-state index is 5.74. The van der Waals surface area contributed by atoms with Gasteiger partial charge in [0.25, 0.3) is 0 Å². The molecule has 2 aromatic rings. The third-order valence-electron chi connectivity index (χ3n) is 3.85. The van der Waals surface area contributed by atoms with Gasteiger partial charge in [-0.3, -0.25) is 0 Å². The third kappa shape index (κ3) is 8.62. The standard InChI is InChI=1S/C21H29N3O2.HI/c1-4-22-21(23-13-14-26-20-11-9-17(2)10-12-20)24-15-18-7-5-6-8-19(18)16-25-3;/h5-12H,4,13-16H2,1-3H3,(H2,22,23,24);1H. The first-order chi connectivity index (χ1) is 12.7. The topological polar surface area (TPSA) is 54.9 Å². The van der Waals surface area contributed by atoms with Crippen molar-refractivity contribution in [1.82, 2.24) is 10.6 Å². The number of nitrogens with zero attached hydrogens (tertiary/aromatic N) is 1. The zero-order valence-electron chi connectivity index (χ0n) is 16.3. The van der Waals surface area contributed by atoms with E-state index in [9.17, 15) is 0 Å². The zero-order chi connectivity index (χ0) is 18.6. The molecule has 0 fully saturated rings. The molecule has 0 aromatic heterocycles. The van der Waals surface area contributed by atoms with Crippen LogP contribution in [0.15, 0.2) is 53.5 Å². The lowest BCUT2D eigenvalue weighted by molar-refractivity contribution is 0.184. The Bertz CT molecular complexity index is 690. The van der Waals surface area contributed by atoms with Crippen LogP contribution in [0.5, 0.6) is 5.75 Å². The van der Waals surface area contributed by atoms with Gasteiger partial charge in [0, 0.05) is 13.7 Å². The minimum Gasteiger partial charge on any atom is -0.492 e. The fourth-order valence-corrected chi connectivity index (χ4v) is 2.49. The molecular weight excluding hydrogens is 453 g/mol. The summed E-state index contributed by atoms with van der Waals surface area (Å²) in [6.45, 7) is 7.39. The molecule has 0 spiro atoms. The largest absolute Gasteiger partial charge is 0.492 e. The van der Waals surface area contributed by atoms with Crippen LogP contribution in [0.25, 0.3) is 0 Å². The van der Waals surface area contributed by atoms with Crippen molar-refractivity contribution in [3.63, 3.8) is 0 Å². The Kier molecular flexibility index (Phi) is 11.5. The highest BCUT2D eigenvalue weighted by Crippen LogP contribution is 2.12. The summed E-state index contributed by atoms with van der Waals surface area (Å²) >= 11 is 0. The molecule has 0 unspecified atom stereocenters. The molecular formula is C21H30IN3O2. The average Bonchev–Trinajstić information content (AvgIpc) is 2.66. The summed E-state index contributed by atoms with van der Waals surface area (Å²) in [4.78, 5) is 4.67. The Morgan fingerprint density at radius 2 is 1.70 bits per heavy atom. The van der Waals surface area contributed by atoms with E-state index in [1.807, 2.05) is 36.4 Å². The molecule has 0 radical (unpaired) electrons. The lowest BCUT2D eigenvalue weighted by Crippen LogP contribution is -2.39. The van der Waals surface area contributed by atoms with Crippen molar-refractivity contribution in [2.24, 2.45) is 4.99 Å². The number of halogens is 1. The van der Waals surface area contributed by atoms with E-state index in [2.05, 4.69) is 41.6 Å². The number of hydrogen-bond acceptors (Lipinski definition) is 3. The van der Waals surface area contributed by atoms with E-state index in [1.165, 1.54) is 11.1 Å². The highest BCUT2D eigenvalue weighted by molar-refractivity contribution is 14.0. The van der Waals surface area contributed by atoms with Crippen LogP contribution in [0.4, 0.5) is 0 Å². The van der Waals surface area contributed by atoms with Crippen LogP contribution < -0.4 is 15.4 Å². The number of nitrogens with one attached hydrogen (secondary N) is 2. The molecule has 2 rings (SSSR count). The summed E-state index contributed by atoms with van der Waals surface area (Å²) in [5.41, 5.74) is 3.56. The highest BCUT2D eigenvalue weighted by atomic mass is 127. The Morgan fingerprint density at radius 3 is 2.37 bits per heavy atom. The Labute approximate surface area is 179 Å². The summed E-state index contributed by atoms with van der Waals surface area (Å²) in [7, 11) is 1.71. The summed E-state index contributed by atoms with van der Waals surface area (Å²) in [6, 6.07) is 16.3. The van der Waals surface area contributed by atoms with Crippen molar-refractivity contribution in [2.75, 3.05) is 26.8 Å². The van der Waals surface area contributed by atoms with Gasteiger partial charge < -0.3 is 20.1 Å². The summed E-state index contributed by atoms with van der Waals surface area (Å²) in [5.74, 6) is 1.67. The average molecular weight is 483 g/mol. The quantitative estimate of drug-likeness (QED) is 0.246. The molecule has 0 saturated heterocycles. The molecule has 0 amide bonds. The van der Waals surface area contributed by atoms with E-state index >= 15 is 0 Å². The minimum absolute atomic E-state index is 0. The van der Waals surface area contributed by atoms with Gasteiger partial charge >= 0.3 is 0 Å². The van der Waals surface area contributed by atoms with Crippen LogP contribution >= 0.6 is 24.0 Å². The Balaban J connectivity index is 0.00000364. The van der Waals surface area contributed by atoms with Gasteiger partial charge in [-0.15, -0.1) is 24.0 Å². The molecule has 2 N–H and O–H groups in total. The minimum atomic E-state index is 0. The van der Waals surface area contributed by atoms with Crippen LogP contribution in [-0.2, 0) is 17.9 Å². The molecule has 2 aromatic carbocycles. The fraction of sp³-hybridized carbons (Fsp3) is 0.381. The number of rotatable bonds is 9. The van der Waals surface area contributed by atoms with E-state index in [-0.39, 0.29) is 24.0 Å². The second-order valence-electron chi connectivity index (χ2n) is 5.99. The van der Waals surface area contributed by atoms with Crippen molar-refractivity contribution in [3.8, 4) is 5.75 Å². The predicted octanol–water partition coefficient (Wildman–Crippen LogP) is 3.89. The number of benzene rings is 2. The number of ether oxygens (including phenoxy) is 2. The lowest BCUT2D eigenvalue weighted by atomic mass is 10.1. The summed E-state index contributed by atoms with van der Waals surface area (Å²) in [6.07, 6.45) is 0. The molecule has 27 heavy (non-hydrogen) atoms. The first-order valence-corrected chi connectivity index (χ1v) is 9.00. The number of aliphatic imine (C=N–C) groups is 1. The van der Waals surface area contributed by atoms with E-state index < -0.39 is 0 Å². The smallest absolute Gasteiger partial charge is 0.191 e. The van der Waals surface area contributed by atoms with Crippen LogP contribution in [-0.4, -0.2) is 32.8 Å². The first kappa shape index (κ1) is 23.2. The number of guanidine groups is 1. The van der Waals surface area contributed by atoms with Crippen LogP contribution in [0.1, 0.15) is 23.6 Å². The Hall–Kier alpha value is -1.80. The highest BCUT2D eigenvalue weighted by Gasteiger charge is 2.02. The van der Waals surface area contributed by atoms with E-state index in [4.69, 9.17) is 9.47 Å². The molecule has 0 aliphatic carbocycles. The van der Waals surface area contributed by atoms with Gasteiger partial charge in [0.1, 0.15) is 12.4 Å². The molecule has 5 nitrogen and oxygen atoms in total. The van der Waals surface area contributed by atoms with Crippen LogP contribution in [0, 0.1) is 6.92 Å². The van der Waals surface area contributed by atoms with E-state index in [0.29, 0.717) is 26.3 Å². The van der Waals surface area contributed by atoms with Crippen molar-refractivity contribution in [3.05, 3.63) is 65.2 Å². The third-order valence-corrected chi connectivity index (χ3v) is 3.85. The zero-order valence-corrected chi connectivity index (χ0v) is 18.7. The van der Waals surface area contributed by atoms with Crippen molar-refractivity contribution >= 4 is 29.9 Å². The van der Waals surface area contributed by atoms with Crippen molar-refractivity contribution in [2.45, 2.75) is 27.0 Å². The molecule has 0 atom stereocenters. The number of hydrogen-bond donors (Lipinski definition) is 2. The van der Waals surface area contributed by atoms with Gasteiger partial charge in [0.2, 0.25) is 0 Å². The SMILES string of the molecule is CCNC(=NCc1ccccc1COC)NCCOc1ccc(C)cc1.I. The molecule has 0 bridgehead atoms. The fourth-order valence-electron chi connectivity index (χ4n) is 2.49. The van der Waals surface area contributed by atoms with Gasteiger partial charge in [-0.05, 0) is 37.1 Å². The van der Waals surface area contributed by atoms with Gasteiger partial charge in [-0.25, -0.2) is 4.99 Å². The number of aryl methyl sites for hydroxylation is 1. The Morgan fingerprint density at radius 1 is 1.00 bits per heavy atom. The monoisotopic (exact) mass is 483 g/mol. The predicted molar refractivity (Wildman–Crippen MR) is 122 cm³/mol. The summed E-state index contributed by atoms with van der Waals surface area (Å²) in [5, 5.41) is 6.57. The van der Waals surface area contributed by atoms with Crippen LogP contribution in [0.2, 0.25) is 0 Å². The van der Waals surface area contributed by atoms with Crippen molar-refractivity contribution in [1.29, 1.82) is 0 Å². The normalized spacial score (nSPS) is 10.9. The van der Waals surface area contributed by atoms with Gasteiger partial charge in [-0.1, -0.05) is 42.0 Å². The van der Waals surface area contributed by atoms with E-state index in [1.54, 1.807) is 7.11 Å². The molecule has 0 aliphatic heterocycles.